The highest BCUT2D eigenvalue weighted by molar-refractivity contribution is 7.89. The topological polar surface area (TPSA) is 82.4 Å². The molecular formula is C19H21Cl2F2N3O3S. The highest BCUT2D eigenvalue weighted by Crippen LogP contribution is 2.33. The SMILES string of the molecule is CC1CN(S(=O)(=O)c2cc(C#N)ccc2Oc2cc(F)ccc2F)CC(C)N1.Cl.Cl. The Hall–Kier alpha value is -1.96. The number of hydrogen-bond acceptors (Lipinski definition) is 5. The average Bonchev–Trinajstić information content (AvgIpc) is 2.64. The van der Waals surface area contributed by atoms with Crippen LogP contribution in [0.4, 0.5) is 8.78 Å². The molecule has 2 aromatic rings. The highest BCUT2D eigenvalue weighted by atomic mass is 35.5. The molecule has 0 spiro atoms. The summed E-state index contributed by atoms with van der Waals surface area (Å²) in [7, 11) is -4.03. The molecule has 0 saturated carbocycles. The van der Waals surface area contributed by atoms with E-state index >= 15 is 0 Å². The number of hydrogen-bond donors (Lipinski definition) is 1. The summed E-state index contributed by atoms with van der Waals surface area (Å²) in [6.07, 6.45) is 0. The van der Waals surface area contributed by atoms with E-state index in [1.807, 2.05) is 19.9 Å². The Balaban J connectivity index is 0.00000225. The molecule has 2 atom stereocenters. The first-order chi connectivity index (χ1) is 13.2. The molecule has 30 heavy (non-hydrogen) atoms. The molecule has 1 fully saturated rings. The van der Waals surface area contributed by atoms with E-state index in [2.05, 4.69) is 5.32 Å². The summed E-state index contributed by atoms with van der Waals surface area (Å²) in [4.78, 5) is -0.267. The predicted molar refractivity (Wildman–Crippen MR) is 113 cm³/mol. The van der Waals surface area contributed by atoms with Gasteiger partial charge in [-0.05, 0) is 44.2 Å². The highest BCUT2D eigenvalue weighted by Gasteiger charge is 2.34. The van der Waals surface area contributed by atoms with Gasteiger partial charge in [0.25, 0.3) is 0 Å². The van der Waals surface area contributed by atoms with Crippen molar-refractivity contribution in [2.45, 2.75) is 30.8 Å². The van der Waals surface area contributed by atoms with Crippen molar-refractivity contribution in [3.05, 3.63) is 53.6 Å². The Bertz CT molecular complexity index is 1040. The van der Waals surface area contributed by atoms with Gasteiger partial charge < -0.3 is 10.1 Å². The van der Waals surface area contributed by atoms with Gasteiger partial charge in [-0.1, -0.05) is 0 Å². The fourth-order valence-corrected chi connectivity index (χ4v) is 4.91. The fourth-order valence-electron chi connectivity index (χ4n) is 3.15. The lowest BCUT2D eigenvalue weighted by atomic mass is 10.2. The quantitative estimate of drug-likeness (QED) is 0.719. The van der Waals surface area contributed by atoms with E-state index in [9.17, 15) is 17.2 Å². The Morgan fingerprint density at radius 3 is 2.30 bits per heavy atom. The second-order valence-corrected chi connectivity index (χ2v) is 8.65. The maximum atomic E-state index is 14.0. The summed E-state index contributed by atoms with van der Waals surface area (Å²) in [5.74, 6) is -2.18. The molecular weight excluding hydrogens is 459 g/mol. The second-order valence-electron chi connectivity index (χ2n) is 6.74. The molecule has 0 aromatic heterocycles. The predicted octanol–water partition coefficient (Wildman–Crippen LogP) is 3.84. The van der Waals surface area contributed by atoms with Gasteiger partial charge in [0.1, 0.15) is 16.5 Å². The number of ether oxygens (including phenoxy) is 1. The molecule has 0 amide bonds. The van der Waals surface area contributed by atoms with E-state index < -0.39 is 27.4 Å². The van der Waals surface area contributed by atoms with Gasteiger partial charge in [0, 0.05) is 31.2 Å². The average molecular weight is 480 g/mol. The molecule has 2 aromatic carbocycles. The Kier molecular flexibility index (Phi) is 9.02. The van der Waals surface area contributed by atoms with Crippen molar-refractivity contribution in [3.63, 3.8) is 0 Å². The smallest absolute Gasteiger partial charge is 0.246 e. The molecule has 1 heterocycles. The lowest BCUT2D eigenvalue weighted by Crippen LogP contribution is -2.55. The van der Waals surface area contributed by atoms with Crippen LogP contribution in [0.3, 0.4) is 0 Å². The molecule has 1 saturated heterocycles. The Morgan fingerprint density at radius 1 is 1.07 bits per heavy atom. The number of benzene rings is 2. The molecule has 1 aliphatic heterocycles. The van der Waals surface area contributed by atoms with E-state index in [0.29, 0.717) is 0 Å². The van der Waals surface area contributed by atoms with Crippen LogP contribution in [-0.4, -0.2) is 37.9 Å². The molecule has 0 radical (unpaired) electrons. The summed E-state index contributed by atoms with van der Waals surface area (Å²) in [6.45, 7) is 4.20. The van der Waals surface area contributed by atoms with Crippen LogP contribution < -0.4 is 10.1 Å². The second kappa shape index (κ2) is 10.4. The van der Waals surface area contributed by atoms with Crippen molar-refractivity contribution in [1.29, 1.82) is 5.26 Å². The standard InChI is InChI=1S/C19H19F2N3O3S.2ClH/c1-12-10-24(11-13(2)23-12)28(25,26)19-7-14(9-22)3-6-17(19)27-18-8-15(20)4-5-16(18)21;;/h3-8,12-13,23H,10-11H2,1-2H3;2*1H. The number of nitriles is 1. The van der Waals surface area contributed by atoms with Gasteiger partial charge in [0.2, 0.25) is 10.0 Å². The van der Waals surface area contributed by atoms with Gasteiger partial charge in [-0.25, -0.2) is 17.2 Å². The number of sulfonamides is 1. The molecule has 0 aliphatic carbocycles. The van der Waals surface area contributed by atoms with E-state index in [1.165, 1.54) is 22.5 Å². The van der Waals surface area contributed by atoms with Crippen molar-refractivity contribution in [2.75, 3.05) is 13.1 Å². The first-order valence-electron chi connectivity index (χ1n) is 8.64. The Labute approximate surface area is 186 Å². The maximum Gasteiger partial charge on any atom is 0.246 e. The largest absolute Gasteiger partial charge is 0.453 e. The number of rotatable bonds is 4. The van der Waals surface area contributed by atoms with Crippen LogP contribution in [0.25, 0.3) is 0 Å². The summed E-state index contributed by atoms with van der Waals surface area (Å²) >= 11 is 0. The van der Waals surface area contributed by atoms with Crippen LogP contribution in [0.1, 0.15) is 19.4 Å². The van der Waals surface area contributed by atoms with E-state index in [4.69, 9.17) is 10.00 Å². The zero-order valence-corrected chi connectivity index (χ0v) is 18.6. The van der Waals surface area contributed by atoms with Gasteiger partial charge >= 0.3 is 0 Å². The molecule has 6 nitrogen and oxygen atoms in total. The van der Waals surface area contributed by atoms with E-state index in [1.54, 1.807) is 0 Å². The number of nitrogens with one attached hydrogen (secondary N) is 1. The van der Waals surface area contributed by atoms with Crippen LogP contribution in [0.15, 0.2) is 41.3 Å². The fraction of sp³-hybridized carbons (Fsp3) is 0.316. The van der Waals surface area contributed by atoms with Crippen molar-refractivity contribution in [3.8, 4) is 17.6 Å². The third kappa shape index (κ3) is 5.59. The lowest BCUT2D eigenvalue weighted by Gasteiger charge is -2.35. The third-order valence-corrected chi connectivity index (χ3v) is 6.18. The lowest BCUT2D eigenvalue weighted by molar-refractivity contribution is 0.262. The minimum atomic E-state index is -4.03. The van der Waals surface area contributed by atoms with Crippen molar-refractivity contribution < 1.29 is 21.9 Å². The number of nitrogens with zero attached hydrogens (tertiary/aromatic N) is 2. The van der Waals surface area contributed by atoms with E-state index in [-0.39, 0.29) is 66.2 Å². The molecule has 164 valence electrons. The third-order valence-electron chi connectivity index (χ3n) is 4.33. The van der Waals surface area contributed by atoms with Crippen molar-refractivity contribution >= 4 is 34.8 Å². The molecule has 1 aliphatic rings. The minimum Gasteiger partial charge on any atom is -0.453 e. The van der Waals surface area contributed by atoms with Crippen molar-refractivity contribution in [2.24, 2.45) is 0 Å². The van der Waals surface area contributed by atoms with Crippen LogP contribution >= 0.6 is 24.8 Å². The van der Waals surface area contributed by atoms with Gasteiger partial charge in [-0.2, -0.15) is 9.57 Å². The molecule has 1 N–H and O–H groups in total. The number of piperazine rings is 1. The normalized spacial score (nSPS) is 19.2. The summed E-state index contributed by atoms with van der Waals surface area (Å²) < 4.78 is 60.6. The van der Waals surface area contributed by atoms with Crippen molar-refractivity contribution in [1.82, 2.24) is 9.62 Å². The molecule has 11 heteroatoms. The monoisotopic (exact) mass is 479 g/mol. The minimum absolute atomic E-state index is 0. The van der Waals surface area contributed by atoms with Gasteiger partial charge in [-0.15, -0.1) is 24.8 Å². The zero-order valence-electron chi connectivity index (χ0n) is 16.1. The first kappa shape index (κ1) is 26.1. The summed E-state index contributed by atoms with van der Waals surface area (Å²) in [5.41, 5.74) is 0.113. The van der Waals surface area contributed by atoms with Crippen LogP contribution in [0.5, 0.6) is 11.5 Å². The maximum absolute atomic E-state index is 14.0. The summed E-state index contributed by atoms with van der Waals surface area (Å²) in [6, 6.07) is 8.21. The first-order valence-corrected chi connectivity index (χ1v) is 10.1. The van der Waals surface area contributed by atoms with E-state index in [0.717, 1.165) is 18.2 Å². The molecule has 3 rings (SSSR count). The van der Waals surface area contributed by atoms with Gasteiger partial charge in [0.05, 0.1) is 11.6 Å². The van der Waals surface area contributed by atoms with Crippen LogP contribution in [0.2, 0.25) is 0 Å². The Morgan fingerprint density at radius 2 is 1.70 bits per heavy atom. The molecule has 0 bridgehead atoms. The number of halogens is 4. The van der Waals surface area contributed by atoms with Crippen LogP contribution in [0, 0.1) is 23.0 Å². The summed E-state index contributed by atoms with van der Waals surface area (Å²) in [5, 5.41) is 12.4. The van der Waals surface area contributed by atoms with Gasteiger partial charge in [-0.3, -0.25) is 0 Å². The molecule has 2 unspecified atom stereocenters. The zero-order chi connectivity index (χ0) is 20.5. The van der Waals surface area contributed by atoms with Crippen LogP contribution in [-0.2, 0) is 10.0 Å². The van der Waals surface area contributed by atoms with Gasteiger partial charge in [0.15, 0.2) is 11.6 Å².